The molecule has 0 saturated carbocycles. The molecule has 3 N–H and O–H groups in total. The molecule has 0 saturated heterocycles. The van der Waals surface area contributed by atoms with Crippen molar-refractivity contribution >= 4 is 24.2 Å². The molecule has 0 aliphatic rings. The van der Waals surface area contributed by atoms with Gasteiger partial charge in [-0.3, -0.25) is 0 Å². The van der Waals surface area contributed by atoms with Gasteiger partial charge in [-0.1, -0.05) is 52.1 Å². The molecule has 1 aromatic carbocycles. The number of aliphatic hydroxyl groups is 1. The van der Waals surface area contributed by atoms with Gasteiger partial charge in [-0.2, -0.15) is 5.10 Å². The van der Waals surface area contributed by atoms with E-state index in [9.17, 15) is 14.1 Å². The van der Waals surface area contributed by atoms with Crippen LogP contribution in [-0.4, -0.2) is 39.9 Å². The summed E-state index contributed by atoms with van der Waals surface area (Å²) in [4.78, 5) is 12.4. The van der Waals surface area contributed by atoms with Gasteiger partial charge in [-0.05, 0) is 37.9 Å². The van der Waals surface area contributed by atoms with E-state index in [0.29, 0.717) is 17.9 Å². The first kappa shape index (κ1) is 25.2. The van der Waals surface area contributed by atoms with Crippen molar-refractivity contribution in [1.29, 1.82) is 0 Å². The van der Waals surface area contributed by atoms with E-state index in [4.69, 9.17) is 0 Å². The number of urea groups is 1. The normalized spacial score (nSPS) is 14.7. The van der Waals surface area contributed by atoms with Crippen LogP contribution in [0.25, 0.3) is 5.69 Å². The van der Waals surface area contributed by atoms with Crippen LogP contribution in [0.2, 0.25) is 18.1 Å². The zero-order valence-corrected chi connectivity index (χ0v) is 21.5. The average Bonchev–Trinajstić information content (AvgIpc) is 3.08. The van der Waals surface area contributed by atoms with E-state index in [1.165, 1.54) is 0 Å². The van der Waals surface area contributed by atoms with E-state index in [1.807, 2.05) is 43.4 Å². The Balaban J connectivity index is 2.77. The molecule has 8 nitrogen and oxygen atoms in total. The minimum absolute atomic E-state index is 0.115. The SMILES string of the molecule is CCNC(=O)N=S(=O)(N[Si](C)(C)C(C)(C)C)c1cc(C(C)(C)O)n(-c2ccccc2)n1. The molecule has 0 aliphatic heterocycles. The second-order valence-electron chi connectivity index (χ2n) is 9.60. The number of carbonyl (C=O) groups excluding carboxylic acids is 1. The molecule has 172 valence electrons. The Bertz CT molecular complexity index is 1040. The number of nitrogens with zero attached hydrogens (tertiary/aromatic N) is 3. The lowest BCUT2D eigenvalue weighted by molar-refractivity contribution is 0.0711. The molecule has 0 radical (unpaired) electrons. The Hall–Kier alpha value is -2.01. The first-order chi connectivity index (χ1) is 14.1. The van der Waals surface area contributed by atoms with Crippen molar-refractivity contribution in [3.05, 3.63) is 42.1 Å². The highest BCUT2D eigenvalue weighted by Gasteiger charge is 2.40. The van der Waals surface area contributed by atoms with Gasteiger partial charge in [0.2, 0.25) is 0 Å². The number of rotatable bonds is 6. The van der Waals surface area contributed by atoms with Crippen LogP contribution in [0.5, 0.6) is 0 Å². The molecular weight excluding hydrogens is 430 g/mol. The molecule has 1 aromatic heterocycles. The Morgan fingerprint density at radius 1 is 1.19 bits per heavy atom. The largest absolute Gasteiger partial charge is 0.384 e. The minimum Gasteiger partial charge on any atom is -0.384 e. The predicted octanol–water partition coefficient (Wildman–Crippen LogP) is 4.17. The predicted molar refractivity (Wildman–Crippen MR) is 127 cm³/mol. The van der Waals surface area contributed by atoms with Crippen molar-refractivity contribution < 1.29 is 14.1 Å². The first-order valence-corrected chi connectivity index (χ1v) is 14.8. The standard InChI is InChI=1S/C21H35N5O3SSi/c1-9-22-19(27)24-30(29,25-31(7,8)20(2,3)4)18-15-17(21(5,6)28)26(23-18)16-13-11-10-12-14-16/h10-15,28H,9H2,1-8H3,(H2,22,24,25,27,29). The maximum absolute atomic E-state index is 14.2. The molecule has 1 heterocycles. The molecule has 0 fully saturated rings. The van der Waals surface area contributed by atoms with Gasteiger partial charge in [0.25, 0.3) is 0 Å². The summed E-state index contributed by atoms with van der Waals surface area (Å²) in [6.45, 7) is 15.7. The summed E-state index contributed by atoms with van der Waals surface area (Å²) in [5, 5.41) is 17.9. The summed E-state index contributed by atoms with van der Waals surface area (Å²) in [5.41, 5.74) is -0.105. The molecule has 31 heavy (non-hydrogen) atoms. The number of aromatic nitrogens is 2. The lowest BCUT2D eigenvalue weighted by Crippen LogP contribution is -2.54. The summed E-state index contributed by atoms with van der Waals surface area (Å²) < 4.78 is 23.0. The van der Waals surface area contributed by atoms with Crippen LogP contribution < -0.4 is 9.70 Å². The number of nitrogens with one attached hydrogen (secondary N) is 2. The van der Waals surface area contributed by atoms with E-state index in [-0.39, 0.29) is 10.1 Å². The fourth-order valence-corrected chi connectivity index (χ4v) is 8.07. The lowest BCUT2D eigenvalue weighted by Gasteiger charge is -2.37. The second kappa shape index (κ2) is 8.85. The summed E-state index contributed by atoms with van der Waals surface area (Å²) >= 11 is 0. The van der Waals surface area contributed by atoms with Gasteiger partial charge < -0.3 is 10.4 Å². The van der Waals surface area contributed by atoms with Gasteiger partial charge in [0, 0.05) is 12.6 Å². The van der Waals surface area contributed by atoms with Gasteiger partial charge in [-0.25, -0.2) is 18.1 Å². The highest BCUT2D eigenvalue weighted by molar-refractivity contribution is 7.93. The smallest absolute Gasteiger partial charge is 0.350 e. The molecule has 0 bridgehead atoms. The molecule has 0 aliphatic carbocycles. The summed E-state index contributed by atoms with van der Waals surface area (Å²) in [7, 11) is -5.78. The highest BCUT2D eigenvalue weighted by atomic mass is 32.2. The van der Waals surface area contributed by atoms with Crippen molar-refractivity contribution in [1.82, 2.24) is 19.5 Å². The van der Waals surface area contributed by atoms with Crippen LogP contribution >= 0.6 is 0 Å². The van der Waals surface area contributed by atoms with Gasteiger partial charge in [0.05, 0.1) is 11.4 Å². The molecule has 0 spiro atoms. The fourth-order valence-electron chi connectivity index (χ4n) is 2.62. The molecule has 2 rings (SSSR count). The Morgan fingerprint density at radius 2 is 1.77 bits per heavy atom. The van der Waals surface area contributed by atoms with E-state index >= 15 is 0 Å². The van der Waals surface area contributed by atoms with Crippen LogP contribution in [0.4, 0.5) is 4.79 Å². The minimum atomic E-state index is -3.42. The van der Waals surface area contributed by atoms with Crippen molar-refractivity contribution in [2.45, 2.75) is 70.3 Å². The third-order valence-electron chi connectivity index (χ3n) is 5.41. The number of benzene rings is 1. The quantitative estimate of drug-likeness (QED) is 0.556. The summed E-state index contributed by atoms with van der Waals surface area (Å²) in [5.74, 6) is 0. The zero-order valence-electron chi connectivity index (χ0n) is 19.7. The van der Waals surface area contributed by atoms with Gasteiger partial charge >= 0.3 is 6.03 Å². The van der Waals surface area contributed by atoms with Gasteiger partial charge in [0.15, 0.2) is 14.9 Å². The number of amides is 2. The molecule has 1 unspecified atom stereocenters. The number of carbonyl (C=O) groups is 1. The van der Waals surface area contributed by atoms with Gasteiger partial charge in [0.1, 0.15) is 13.8 Å². The summed E-state index contributed by atoms with van der Waals surface area (Å²) in [6.07, 6.45) is 0. The Labute approximate surface area is 186 Å². The number of para-hydroxylation sites is 1. The van der Waals surface area contributed by atoms with Gasteiger partial charge in [-0.15, -0.1) is 4.36 Å². The van der Waals surface area contributed by atoms with Crippen LogP contribution in [0.15, 0.2) is 45.8 Å². The monoisotopic (exact) mass is 465 g/mol. The molecule has 2 aromatic rings. The van der Waals surface area contributed by atoms with Crippen molar-refractivity contribution in [3.63, 3.8) is 0 Å². The van der Waals surface area contributed by atoms with Crippen molar-refractivity contribution in [2.24, 2.45) is 4.36 Å². The second-order valence-corrected chi connectivity index (χ2v) is 16.8. The van der Waals surface area contributed by atoms with Crippen molar-refractivity contribution in [3.8, 4) is 5.69 Å². The van der Waals surface area contributed by atoms with E-state index < -0.39 is 29.8 Å². The first-order valence-electron chi connectivity index (χ1n) is 10.3. The molecule has 10 heteroatoms. The molecule has 1 atom stereocenters. The lowest BCUT2D eigenvalue weighted by atomic mass is 10.1. The van der Waals surface area contributed by atoms with E-state index in [1.54, 1.807) is 31.5 Å². The fraction of sp³-hybridized carbons (Fsp3) is 0.524. The van der Waals surface area contributed by atoms with Crippen molar-refractivity contribution in [2.75, 3.05) is 6.54 Å². The molecule has 2 amide bonds. The number of hydrogen-bond acceptors (Lipinski definition) is 4. The van der Waals surface area contributed by atoms with E-state index in [2.05, 4.69) is 39.9 Å². The molecular formula is C21H35N5O3SSi. The maximum atomic E-state index is 14.2. The third kappa shape index (κ3) is 5.82. The van der Waals surface area contributed by atoms with Crippen LogP contribution in [0, 0.1) is 0 Å². The Morgan fingerprint density at radius 3 is 2.26 bits per heavy atom. The average molecular weight is 466 g/mol. The zero-order chi connectivity index (χ0) is 23.7. The van der Waals surface area contributed by atoms with Crippen LogP contribution in [-0.2, 0) is 15.5 Å². The van der Waals surface area contributed by atoms with Crippen LogP contribution in [0.3, 0.4) is 0 Å². The maximum Gasteiger partial charge on any atom is 0.350 e. The van der Waals surface area contributed by atoms with E-state index in [0.717, 1.165) is 0 Å². The third-order valence-corrected chi connectivity index (χ3v) is 13.5. The number of hydrogen-bond donors (Lipinski definition) is 3. The Kier molecular flexibility index (Phi) is 7.21. The topological polar surface area (TPSA) is 109 Å². The highest BCUT2D eigenvalue weighted by Crippen LogP contribution is 2.35. The summed E-state index contributed by atoms with van der Waals surface area (Å²) in [6, 6.07) is 10.2. The van der Waals surface area contributed by atoms with Crippen LogP contribution in [0.1, 0.15) is 47.2 Å².